The van der Waals surface area contributed by atoms with E-state index < -0.39 is 5.51 Å². The van der Waals surface area contributed by atoms with Gasteiger partial charge in [-0.05, 0) is 48.9 Å². The summed E-state index contributed by atoms with van der Waals surface area (Å²) in [6, 6.07) is 5.29. The van der Waals surface area contributed by atoms with Gasteiger partial charge >= 0.3 is 5.51 Å². The zero-order chi connectivity index (χ0) is 15.5. The third-order valence-electron chi connectivity index (χ3n) is 3.49. The molecule has 1 saturated carbocycles. The highest BCUT2D eigenvalue weighted by atomic mass is 32.2. The third-order valence-corrected chi connectivity index (χ3v) is 4.23. The maximum Gasteiger partial charge on any atom is 0.446 e. The molecule has 0 saturated heterocycles. The molecule has 2 rings (SSSR count). The van der Waals surface area contributed by atoms with E-state index in [0.717, 1.165) is 19.3 Å². The standard InChI is InChI=1S/C14H16F3NO2S/c15-14(16,17)21-11-6-4-9(5-7-11)13(20)18-8-10-2-1-3-12(10)19/h4-7,10,12,19H,1-3,8H2,(H,18,20). The van der Waals surface area contributed by atoms with Crippen LogP contribution in [0.5, 0.6) is 0 Å². The predicted molar refractivity (Wildman–Crippen MR) is 74.0 cm³/mol. The van der Waals surface area contributed by atoms with Crippen LogP contribution < -0.4 is 5.32 Å². The Morgan fingerprint density at radius 2 is 1.95 bits per heavy atom. The first-order valence-corrected chi connectivity index (χ1v) is 7.49. The molecule has 21 heavy (non-hydrogen) atoms. The first kappa shape index (κ1) is 16.2. The van der Waals surface area contributed by atoms with E-state index in [0.29, 0.717) is 12.1 Å². The molecule has 0 radical (unpaired) electrons. The van der Waals surface area contributed by atoms with Gasteiger partial charge in [0.2, 0.25) is 0 Å². The van der Waals surface area contributed by atoms with Gasteiger partial charge in [0.15, 0.2) is 0 Å². The van der Waals surface area contributed by atoms with Gasteiger partial charge in [0.25, 0.3) is 5.91 Å². The summed E-state index contributed by atoms with van der Waals surface area (Å²) < 4.78 is 36.6. The number of nitrogens with one attached hydrogen (secondary N) is 1. The van der Waals surface area contributed by atoms with Gasteiger partial charge in [0.05, 0.1) is 6.10 Å². The summed E-state index contributed by atoms with van der Waals surface area (Å²) in [6.45, 7) is 0.388. The number of aliphatic hydroxyl groups excluding tert-OH is 1. The van der Waals surface area contributed by atoms with Gasteiger partial charge in [-0.15, -0.1) is 0 Å². The number of halogens is 3. The number of alkyl halides is 3. The van der Waals surface area contributed by atoms with Crippen LogP contribution in [-0.4, -0.2) is 29.2 Å². The summed E-state index contributed by atoms with van der Waals surface area (Å²) in [4.78, 5) is 11.9. The molecule has 1 aliphatic carbocycles. The van der Waals surface area contributed by atoms with Crippen molar-refractivity contribution in [3.05, 3.63) is 29.8 Å². The van der Waals surface area contributed by atoms with Crippen LogP contribution >= 0.6 is 11.8 Å². The van der Waals surface area contributed by atoms with Crippen molar-refractivity contribution in [1.29, 1.82) is 0 Å². The Labute approximate surface area is 124 Å². The lowest BCUT2D eigenvalue weighted by molar-refractivity contribution is -0.0328. The highest BCUT2D eigenvalue weighted by Crippen LogP contribution is 2.36. The molecule has 2 N–H and O–H groups in total. The van der Waals surface area contributed by atoms with Crippen molar-refractivity contribution in [2.45, 2.75) is 35.8 Å². The molecular formula is C14H16F3NO2S. The topological polar surface area (TPSA) is 49.3 Å². The summed E-state index contributed by atoms with van der Waals surface area (Å²) in [5, 5.41) is 12.4. The Morgan fingerprint density at radius 3 is 2.48 bits per heavy atom. The molecule has 116 valence electrons. The van der Waals surface area contributed by atoms with Crippen molar-refractivity contribution in [2.75, 3.05) is 6.54 Å². The number of carbonyl (C=O) groups excluding carboxylic acids is 1. The molecule has 1 amide bonds. The molecule has 2 atom stereocenters. The lowest BCUT2D eigenvalue weighted by atomic mass is 10.1. The maximum absolute atomic E-state index is 12.2. The fraction of sp³-hybridized carbons (Fsp3) is 0.500. The summed E-state index contributed by atoms with van der Waals surface area (Å²) in [7, 11) is 0. The molecule has 1 aromatic rings. The largest absolute Gasteiger partial charge is 0.446 e. The molecule has 0 heterocycles. The number of amides is 1. The Bertz CT molecular complexity index is 490. The van der Waals surface area contributed by atoms with Crippen LogP contribution in [-0.2, 0) is 0 Å². The van der Waals surface area contributed by atoms with Crippen molar-refractivity contribution in [2.24, 2.45) is 5.92 Å². The average Bonchev–Trinajstić information content (AvgIpc) is 2.80. The number of rotatable bonds is 4. The number of carbonyl (C=O) groups is 1. The van der Waals surface area contributed by atoms with Crippen LogP contribution in [0.15, 0.2) is 29.2 Å². The first-order valence-electron chi connectivity index (χ1n) is 6.67. The molecule has 1 fully saturated rings. The highest BCUT2D eigenvalue weighted by Gasteiger charge is 2.29. The second-order valence-corrected chi connectivity index (χ2v) is 6.18. The van der Waals surface area contributed by atoms with E-state index in [1.807, 2.05) is 0 Å². The molecule has 3 nitrogen and oxygen atoms in total. The SMILES string of the molecule is O=C(NCC1CCCC1O)c1ccc(SC(F)(F)F)cc1. The van der Waals surface area contributed by atoms with Gasteiger partial charge in [0, 0.05) is 22.9 Å². The van der Waals surface area contributed by atoms with E-state index in [4.69, 9.17) is 0 Å². The van der Waals surface area contributed by atoms with Gasteiger partial charge in [-0.3, -0.25) is 4.79 Å². The summed E-state index contributed by atoms with van der Waals surface area (Å²) in [5.41, 5.74) is -4.02. The molecule has 1 aromatic carbocycles. The molecular weight excluding hydrogens is 303 g/mol. The zero-order valence-electron chi connectivity index (χ0n) is 11.2. The quantitative estimate of drug-likeness (QED) is 0.838. The average molecular weight is 319 g/mol. The number of hydrogen-bond acceptors (Lipinski definition) is 3. The predicted octanol–water partition coefficient (Wildman–Crippen LogP) is 3.19. The van der Waals surface area contributed by atoms with E-state index in [9.17, 15) is 23.1 Å². The fourth-order valence-electron chi connectivity index (χ4n) is 2.39. The minimum absolute atomic E-state index is 0.0465. The smallest absolute Gasteiger partial charge is 0.393 e. The highest BCUT2D eigenvalue weighted by molar-refractivity contribution is 8.00. The normalized spacial score (nSPS) is 22.3. The molecule has 7 heteroatoms. The second kappa shape index (κ2) is 6.70. The number of thioether (sulfide) groups is 1. The third kappa shape index (κ3) is 4.93. The Kier molecular flexibility index (Phi) is 5.16. The lowest BCUT2D eigenvalue weighted by Crippen LogP contribution is -2.32. The van der Waals surface area contributed by atoms with Crippen molar-refractivity contribution < 1.29 is 23.1 Å². The summed E-state index contributed by atoms with van der Waals surface area (Å²) in [5.74, 6) is -0.272. The van der Waals surface area contributed by atoms with E-state index in [2.05, 4.69) is 5.32 Å². The Balaban J connectivity index is 1.87. The van der Waals surface area contributed by atoms with Crippen LogP contribution in [0.2, 0.25) is 0 Å². The monoisotopic (exact) mass is 319 g/mol. The number of hydrogen-bond donors (Lipinski definition) is 2. The van der Waals surface area contributed by atoms with Gasteiger partial charge in [-0.25, -0.2) is 0 Å². The van der Waals surface area contributed by atoms with Crippen molar-refractivity contribution in [3.8, 4) is 0 Å². The van der Waals surface area contributed by atoms with Gasteiger partial charge in [0.1, 0.15) is 0 Å². The Hall–Kier alpha value is -1.21. The lowest BCUT2D eigenvalue weighted by Gasteiger charge is -2.15. The van der Waals surface area contributed by atoms with E-state index in [1.54, 1.807) is 0 Å². The number of benzene rings is 1. The first-order chi connectivity index (χ1) is 9.85. The molecule has 0 aromatic heterocycles. The summed E-state index contributed by atoms with van der Waals surface area (Å²) in [6.07, 6.45) is 2.20. The molecule has 0 aliphatic heterocycles. The van der Waals surface area contributed by atoms with E-state index in [1.165, 1.54) is 24.3 Å². The summed E-state index contributed by atoms with van der Waals surface area (Å²) >= 11 is -0.210. The fourth-order valence-corrected chi connectivity index (χ4v) is 2.93. The van der Waals surface area contributed by atoms with Crippen LogP contribution in [0.1, 0.15) is 29.6 Å². The molecule has 1 aliphatic rings. The van der Waals surface area contributed by atoms with Crippen LogP contribution in [0.3, 0.4) is 0 Å². The minimum atomic E-state index is -4.33. The van der Waals surface area contributed by atoms with E-state index in [-0.39, 0.29) is 34.6 Å². The van der Waals surface area contributed by atoms with Crippen molar-refractivity contribution in [3.63, 3.8) is 0 Å². The molecule has 0 bridgehead atoms. The van der Waals surface area contributed by atoms with Crippen LogP contribution in [0, 0.1) is 5.92 Å². The molecule has 0 spiro atoms. The van der Waals surface area contributed by atoms with Gasteiger partial charge < -0.3 is 10.4 Å². The van der Waals surface area contributed by atoms with Crippen LogP contribution in [0.25, 0.3) is 0 Å². The van der Waals surface area contributed by atoms with Crippen molar-refractivity contribution in [1.82, 2.24) is 5.32 Å². The van der Waals surface area contributed by atoms with Crippen molar-refractivity contribution >= 4 is 17.7 Å². The second-order valence-electron chi connectivity index (χ2n) is 5.04. The Morgan fingerprint density at radius 1 is 1.29 bits per heavy atom. The van der Waals surface area contributed by atoms with Gasteiger partial charge in [-0.1, -0.05) is 6.42 Å². The zero-order valence-corrected chi connectivity index (χ0v) is 12.0. The van der Waals surface area contributed by atoms with E-state index >= 15 is 0 Å². The van der Waals surface area contributed by atoms with Crippen LogP contribution in [0.4, 0.5) is 13.2 Å². The van der Waals surface area contributed by atoms with Gasteiger partial charge in [-0.2, -0.15) is 13.2 Å². The molecule has 2 unspecified atom stereocenters. The number of aliphatic hydroxyl groups is 1. The maximum atomic E-state index is 12.2. The minimum Gasteiger partial charge on any atom is -0.393 e.